The van der Waals surface area contributed by atoms with E-state index in [0.717, 1.165) is 0 Å². The van der Waals surface area contributed by atoms with Gasteiger partial charge in [0.1, 0.15) is 17.7 Å². The molecular weight excluding hydrogens is 311 g/mol. The van der Waals surface area contributed by atoms with Crippen molar-refractivity contribution < 1.29 is 9.18 Å². The molecule has 0 spiro atoms. The molecule has 1 amide bonds. The second-order valence-corrected chi connectivity index (χ2v) is 5.25. The van der Waals surface area contributed by atoms with Crippen LogP contribution in [0.2, 0.25) is 0 Å². The molecule has 1 unspecified atom stereocenters. The first kappa shape index (κ1) is 15.7. The molecule has 0 aliphatic carbocycles. The van der Waals surface area contributed by atoms with Gasteiger partial charge >= 0.3 is 0 Å². The van der Waals surface area contributed by atoms with E-state index in [0.29, 0.717) is 17.1 Å². The highest BCUT2D eigenvalue weighted by atomic mass is 19.1. The predicted molar refractivity (Wildman–Crippen MR) is 84.6 cm³/mol. The Bertz CT molecular complexity index is 835. The highest BCUT2D eigenvalue weighted by Crippen LogP contribution is 2.18. The van der Waals surface area contributed by atoms with Crippen LogP contribution in [-0.2, 0) is 11.2 Å². The molecule has 8 heteroatoms. The minimum absolute atomic E-state index is 0.260. The van der Waals surface area contributed by atoms with Gasteiger partial charge in [-0.05, 0) is 47.2 Å². The first-order chi connectivity index (χ1) is 11.6. The minimum Gasteiger partial charge on any atom is -0.323 e. The largest absolute Gasteiger partial charge is 0.323 e. The third kappa shape index (κ3) is 3.60. The molecule has 0 radical (unpaired) electrons. The van der Waals surface area contributed by atoms with E-state index in [2.05, 4.69) is 25.8 Å². The molecule has 3 rings (SSSR count). The fraction of sp³-hybridized carbons (Fsp3) is 0.188. The zero-order valence-corrected chi connectivity index (χ0v) is 12.9. The molecule has 122 valence electrons. The number of amides is 1. The van der Waals surface area contributed by atoms with Gasteiger partial charge in [-0.2, -0.15) is 0 Å². The van der Waals surface area contributed by atoms with E-state index in [1.165, 1.54) is 16.8 Å². The Labute approximate surface area is 137 Å². The smallest absolute Gasteiger partial charge is 0.249 e. The van der Waals surface area contributed by atoms with Crippen LogP contribution < -0.4 is 5.32 Å². The van der Waals surface area contributed by atoms with Gasteiger partial charge in [-0.15, -0.1) is 5.10 Å². The molecule has 1 aromatic carbocycles. The van der Waals surface area contributed by atoms with E-state index in [9.17, 15) is 9.18 Å². The van der Waals surface area contributed by atoms with Crippen LogP contribution >= 0.6 is 0 Å². The number of nitrogens with one attached hydrogen (secondary N) is 1. The highest BCUT2D eigenvalue weighted by molar-refractivity contribution is 5.93. The molecule has 0 aliphatic rings. The van der Waals surface area contributed by atoms with Crippen LogP contribution in [0.3, 0.4) is 0 Å². The number of benzene rings is 1. The van der Waals surface area contributed by atoms with E-state index < -0.39 is 6.04 Å². The Hall–Kier alpha value is -3.16. The number of carbonyl (C=O) groups is 1. The number of nitrogens with zero attached hydrogens (tertiary/aromatic N) is 5. The van der Waals surface area contributed by atoms with Gasteiger partial charge in [-0.3, -0.25) is 9.78 Å². The van der Waals surface area contributed by atoms with Crippen LogP contribution in [0.25, 0.3) is 0 Å². The van der Waals surface area contributed by atoms with Gasteiger partial charge in [0.15, 0.2) is 0 Å². The average molecular weight is 326 g/mol. The second-order valence-electron chi connectivity index (χ2n) is 5.25. The summed E-state index contributed by atoms with van der Waals surface area (Å²) in [6.07, 6.45) is 3.42. The number of hydrogen-bond donors (Lipinski definition) is 1. The lowest BCUT2D eigenvalue weighted by Crippen LogP contribution is -2.29. The first-order valence-corrected chi connectivity index (χ1v) is 7.33. The zero-order valence-electron chi connectivity index (χ0n) is 12.9. The molecule has 0 fully saturated rings. The van der Waals surface area contributed by atoms with Crippen LogP contribution in [0.4, 0.5) is 10.1 Å². The zero-order chi connectivity index (χ0) is 16.9. The van der Waals surface area contributed by atoms with Crippen molar-refractivity contribution in [3.63, 3.8) is 0 Å². The summed E-state index contributed by atoms with van der Waals surface area (Å²) in [5.41, 5.74) is 1.24. The number of carbonyl (C=O) groups excluding carboxylic acids is 1. The molecule has 0 saturated heterocycles. The van der Waals surface area contributed by atoms with E-state index in [1.54, 1.807) is 43.6 Å². The number of aromatic nitrogens is 5. The van der Waals surface area contributed by atoms with Crippen molar-refractivity contribution in [1.29, 1.82) is 0 Å². The van der Waals surface area contributed by atoms with Gasteiger partial charge in [0.05, 0.1) is 11.9 Å². The third-order valence-electron chi connectivity index (χ3n) is 3.50. The summed E-state index contributed by atoms with van der Waals surface area (Å²) in [7, 11) is 0. The van der Waals surface area contributed by atoms with Gasteiger partial charge in [-0.25, -0.2) is 9.07 Å². The standard InChI is InChI=1S/C16H15FN6O/c1-11-20-21-22-23(11)15(9-12-4-2-5-13(17)8-12)16(24)19-14-6-3-7-18-10-14/h2-8,10,15H,9H2,1H3,(H,19,24). The summed E-state index contributed by atoms with van der Waals surface area (Å²) in [5.74, 6) is -0.159. The van der Waals surface area contributed by atoms with Gasteiger partial charge < -0.3 is 5.32 Å². The maximum absolute atomic E-state index is 13.4. The van der Waals surface area contributed by atoms with Crippen molar-refractivity contribution in [2.24, 2.45) is 0 Å². The molecule has 0 bridgehead atoms. The average Bonchev–Trinajstić information content (AvgIpc) is 2.99. The topological polar surface area (TPSA) is 85.6 Å². The van der Waals surface area contributed by atoms with Crippen molar-refractivity contribution in [2.45, 2.75) is 19.4 Å². The van der Waals surface area contributed by atoms with Gasteiger partial charge in [0.25, 0.3) is 0 Å². The fourth-order valence-corrected chi connectivity index (χ4v) is 2.37. The summed E-state index contributed by atoms with van der Waals surface area (Å²) in [6, 6.07) is 8.86. The maximum Gasteiger partial charge on any atom is 0.249 e. The minimum atomic E-state index is -0.706. The molecule has 1 atom stereocenters. The Balaban J connectivity index is 1.87. The van der Waals surface area contributed by atoms with E-state index >= 15 is 0 Å². The Morgan fingerprint density at radius 1 is 1.33 bits per heavy atom. The molecule has 7 nitrogen and oxygen atoms in total. The molecule has 1 N–H and O–H groups in total. The van der Waals surface area contributed by atoms with Crippen LogP contribution in [0.1, 0.15) is 17.4 Å². The normalized spacial score (nSPS) is 11.9. The highest BCUT2D eigenvalue weighted by Gasteiger charge is 2.24. The van der Waals surface area contributed by atoms with Crippen LogP contribution in [-0.4, -0.2) is 31.1 Å². The number of pyridine rings is 1. The molecule has 3 aromatic rings. The fourth-order valence-electron chi connectivity index (χ4n) is 2.37. The van der Waals surface area contributed by atoms with Gasteiger partial charge in [0, 0.05) is 12.6 Å². The summed E-state index contributed by atoms with van der Waals surface area (Å²) < 4.78 is 14.9. The van der Waals surface area contributed by atoms with Crippen molar-refractivity contribution >= 4 is 11.6 Å². The second kappa shape index (κ2) is 6.95. The number of aryl methyl sites for hydroxylation is 1. The number of rotatable bonds is 5. The predicted octanol–water partition coefficient (Wildman–Crippen LogP) is 1.94. The van der Waals surface area contributed by atoms with Crippen molar-refractivity contribution in [2.75, 3.05) is 5.32 Å². The number of anilines is 1. The number of halogens is 1. The SMILES string of the molecule is Cc1nnnn1C(Cc1cccc(F)c1)C(=O)Nc1cccnc1. The molecule has 24 heavy (non-hydrogen) atoms. The molecule has 2 heterocycles. The van der Waals surface area contributed by atoms with Crippen molar-refractivity contribution in [3.8, 4) is 0 Å². The lowest BCUT2D eigenvalue weighted by atomic mass is 10.0. The third-order valence-corrected chi connectivity index (χ3v) is 3.50. The van der Waals surface area contributed by atoms with Crippen LogP contribution in [0, 0.1) is 12.7 Å². The Kier molecular flexibility index (Phi) is 4.55. The van der Waals surface area contributed by atoms with Crippen molar-refractivity contribution in [3.05, 3.63) is 66.0 Å². The number of tetrazole rings is 1. The van der Waals surface area contributed by atoms with E-state index in [1.807, 2.05) is 0 Å². The molecular formula is C16H15FN6O. The first-order valence-electron chi connectivity index (χ1n) is 7.33. The van der Waals surface area contributed by atoms with Gasteiger partial charge in [-0.1, -0.05) is 12.1 Å². The van der Waals surface area contributed by atoms with E-state index in [-0.39, 0.29) is 18.1 Å². The van der Waals surface area contributed by atoms with Gasteiger partial charge in [0.2, 0.25) is 5.91 Å². The summed E-state index contributed by atoms with van der Waals surface area (Å²) in [4.78, 5) is 16.7. The summed E-state index contributed by atoms with van der Waals surface area (Å²) in [6.45, 7) is 1.70. The summed E-state index contributed by atoms with van der Waals surface area (Å²) in [5, 5.41) is 14.1. The van der Waals surface area contributed by atoms with Crippen molar-refractivity contribution in [1.82, 2.24) is 25.2 Å². The van der Waals surface area contributed by atoms with E-state index in [4.69, 9.17) is 0 Å². The maximum atomic E-state index is 13.4. The van der Waals surface area contributed by atoms with Crippen LogP contribution in [0.15, 0.2) is 48.8 Å². The lowest BCUT2D eigenvalue weighted by molar-refractivity contribution is -0.119. The molecule has 2 aromatic heterocycles. The molecule has 0 aliphatic heterocycles. The monoisotopic (exact) mass is 326 g/mol. The summed E-state index contributed by atoms with van der Waals surface area (Å²) >= 11 is 0. The Morgan fingerprint density at radius 3 is 2.88 bits per heavy atom. The molecule has 0 saturated carbocycles. The lowest BCUT2D eigenvalue weighted by Gasteiger charge is -2.17. The quantitative estimate of drug-likeness (QED) is 0.774. The van der Waals surface area contributed by atoms with Crippen LogP contribution in [0.5, 0.6) is 0 Å². The number of hydrogen-bond acceptors (Lipinski definition) is 5. The Morgan fingerprint density at radius 2 is 2.21 bits per heavy atom.